The van der Waals surface area contributed by atoms with Gasteiger partial charge in [0.05, 0.1) is 18.0 Å². The molecule has 0 fully saturated rings. The van der Waals surface area contributed by atoms with Crippen LogP contribution in [0.1, 0.15) is 25.0 Å². The molecule has 0 radical (unpaired) electrons. The average molecular weight is 398 g/mol. The van der Waals surface area contributed by atoms with E-state index in [0.717, 1.165) is 17.7 Å². The Hall–Kier alpha value is -2.87. The van der Waals surface area contributed by atoms with Crippen LogP contribution in [0.3, 0.4) is 0 Å². The molecule has 0 saturated carbocycles. The average Bonchev–Trinajstić information content (AvgIpc) is 3.20. The lowest BCUT2D eigenvalue weighted by molar-refractivity contribution is -0.118. The number of hydrogen-bond acceptors (Lipinski definition) is 6. The number of amides is 1. The molecule has 7 nitrogen and oxygen atoms in total. The summed E-state index contributed by atoms with van der Waals surface area (Å²) < 4.78 is 7.41. The van der Waals surface area contributed by atoms with Gasteiger partial charge in [-0.25, -0.2) is 4.98 Å². The summed E-state index contributed by atoms with van der Waals surface area (Å²) in [5.74, 6) is 0.709. The molecule has 146 valence electrons. The molecule has 1 N–H and O–H groups in total. The Morgan fingerprint density at radius 2 is 2.00 bits per heavy atom. The summed E-state index contributed by atoms with van der Waals surface area (Å²) in [5, 5.41) is 11.8. The number of carbonyl (C=O) groups is 1. The summed E-state index contributed by atoms with van der Waals surface area (Å²) in [6.07, 6.45) is 4.26. The Balaban J connectivity index is 1.60. The number of nitrogens with one attached hydrogen (secondary N) is 1. The highest BCUT2D eigenvalue weighted by Crippen LogP contribution is 2.22. The quantitative estimate of drug-likeness (QED) is 0.559. The van der Waals surface area contributed by atoms with E-state index in [1.807, 2.05) is 41.8 Å². The van der Waals surface area contributed by atoms with Crippen LogP contribution in [0.25, 0.3) is 5.69 Å². The fourth-order valence-corrected chi connectivity index (χ4v) is 3.48. The zero-order valence-electron chi connectivity index (χ0n) is 16.0. The monoisotopic (exact) mass is 397 g/mol. The van der Waals surface area contributed by atoms with E-state index in [9.17, 15) is 4.79 Å². The molecule has 28 heavy (non-hydrogen) atoms. The first-order valence-corrected chi connectivity index (χ1v) is 10.2. The first-order chi connectivity index (χ1) is 13.7. The molecule has 2 heterocycles. The van der Waals surface area contributed by atoms with Gasteiger partial charge >= 0.3 is 0 Å². The first kappa shape index (κ1) is 19.9. The highest BCUT2D eigenvalue weighted by atomic mass is 32.2. The van der Waals surface area contributed by atoms with E-state index in [-0.39, 0.29) is 11.7 Å². The Bertz CT molecular complexity index is 928. The van der Waals surface area contributed by atoms with Gasteiger partial charge in [0.25, 0.3) is 0 Å². The van der Waals surface area contributed by atoms with Crippen molar-refractivity contribution in [1.82, 2.24) is 25.1 Å². The molecule has 0 aliphatic heterocycles. The van der Waals surface area contributed by atoms with Crippen LogP contribution in [-0.4, -0.2) is 38.0 Å². The summed E-state index contributed by atoms with van der Waals surface area (Å²) in [7, 11) is 0. The van der Waals surface area contributed by atoms with Crippen LogP contribution < -0.4 is 10.1 Å². The van der Waals surface area contributed by atoms with E-state index < -0.39 is 0 Å². The van der Waals surface area contributed by atoms with Crippen molar-refractivity contribution in [3.8, 4) is 11.6 Å². The maximum atomic E-state index is 12.3. The molecule has 0 saturated heterocycles. The fraction of sp³-hybridized carbons (Fsp3) is 0.300. The molecular weight excluding hydrogens is 374 g/mol. The van der Waals surface area contributed by atoms with Gasteiger partial charge in [0.2, 0.25) is 11.8 Å². The molecule has 2 aromatic heterocycles. The molecule has 0 spiro atoms. The minimum absolute atomic E-state index is 0.0883. The van der Waals surface area contributed by atoms with Gasteiger partial charge in [-0.1, -0.05) is 43.0 Å². The minimum atomic E-state index is -0.0883. The number of para-hydroxylation sites is 1. The van der Waals surface area contributed by atoms with Gasteiger partial charge in [-0.2, -0.15) is 0 Å². The van der Waals surface area contributed by atoms with Crippen LogP contribution in [0.5, 0.6) is 5.88 Å². The van der Waals surface area contributed by atoms with Crippen molar-refractivity contribution in [2.75, 3.05) is 12.4 Å². The van der Waals surface area contributed by atoms with E-state index in [4.69, 9.17) is 4.74 Å². The summed E-state index contributed by atoms with van der Waals surface area (Å²) in [5.41, 5.74) is 3.09. The molecule has 3 aromatic rings. The number of carbonyl (C=O) groups excluding carboxylic acids is 1. The van der Waals surface area contributed by atoms with Crippen molar-refractivity contribution >= 4 is 17.7 Å². The second-order valence-electron chi connectivity index (χ2n) is 5.93. The number of nitrogens with zero attached hydrogens (tertiary/aromatic N) is 4. The highest BCUT2D eigenvalue weighted by molar-refractivity contribution is 7.99. The van der Waals surface area contributed by atoms with Gasteiger partial charge in [-0.05, 0) is 31.0 Å². The summed E-state index contributed by atoms with van der Waals surface area (Å²) >= 11 is 1.36. The number of hydrogen-bond donors (Lipinski definition) is 1. The molecule has 1 amide bonds. The minimum Gasteiger partial charge on any atom is -0.478 e. The van der Waals surface area contributed by atoms with Crippen molar-refractivity contribution in [2.45, 2.75) is 32.0 Å². The van der Waals surface area contributed by atoms with E-state index in [0.29, 0.717) is 24.2 Å². The Morgan fingerprint density at radius 3 is 2.82 bits per heavy atom. The van der Waals surface area contributed by atoms with Crippen molar-refractivity contribution in [2.24, 2.45) is 0 Å². The third-order valence-corrected chi connectivity index (χ3v) is 5.03. The molecule has 0 aliphatic rings. The molecule has 8 heteroatoms. The standard InChI is InChI=1S/C20H23N5O2S/c1-3-15-8-5-6-10-17(15)25-14-23-24-20(25)28-13-18(26)22-12-16-9-7-11-21-19(16)27-4-2/h5-11,14H,3-4,12-13H2,1-2H3,(H,22,26). The van der Waals surface area contributed by atoms with Crippen LogP contribution in [-0.2, 0) is 17.8 Å². The number of aryl methyl sites for hydroxylation is 1. The van der Waals surface area contributed by atoms with Gasteiger partial charge in [0.15, 0.2) is 5.16 Å². The van der Waals surface area contributed by atoms with Crippen LogP contribution in [0, 0.1) is 0 Å². The molecule has 0 bridgehead atoms. The molecule has 3 rings (SSSR count). The SMILES string of the molecule is CCOc1ncccc1CNC(=O)CSc1nncn1-c1ccccc1CC. The predicted octanol–water partition coefficient (Wildman–Crippen LogP) is 3.03. The lowest BCUT2D eigenvalue weighted by Crippen LogP contribution is -2.25. The summed E-state index contributed by atoms with van der Waals surface area (Å²) in [4.78, 5) is 16.5. The second-order valence-corrected chi connectivity index (χ2v) is 6.87. The zero-order chi connectivity index (χ0) is 19.8. The smallest absolute Gasteiger partial charge is 0.230 e. The van der Waals surface area contributed by atoms with E-state index >= 15 is 0 Å². The number of rotatable bonds is 9. The van der Waals surface area contributed by atoms with Crippen LogP contribution in [0.15, 0.2) is 54.1 Å². The van der Waals surface area contributed by atoms with E-state index in [1.165, 1.54) is 17.3 Å². The molecular formula is C20H23N5O2S. The van der Waals surface area contributed by atoms with Crippen molar-refractivity contribution in [1.29, 1.82) is 0 Å². The normalized spacial score (nSPS) is 10.6. The molecule has 1 aromatic carbocycles. The van der Waals surface area contributed by atoms with Gasteiger partial charge in [-0.3, -0.25) is 9.36 Å². The molecule has 0 aliphatic carbocycles. The number of thioether (sulfide) groups is 1. The van der Waals surface area contributed by atoms with E-state index in [1.54, 1.807) is 12.5 Å². The lowest BCUT2D eigenvalue weighted by Gasteiger charge is -2.11. The third-order valence-electron chi connectivity index (χ3n) is 4.09. The Labute approximate surface area is 168 Å². The van der Waals surface area contributed by atoms with E-state index in [2.05, 4.69) is 33.5 Å². The lowest BCUT2D eigenvalue weighted by atomic mass is 10.1. The highest BCUT2D eigenvalue weighted by Gasteiger charge is 2.13. The van der Waals surface area contributed by atoms with Crippen molar-refractivity contribution in [3.05, 3.63) is 60.0 Å². The second kappa shape index (κ2) is 9.89. The van der Waals surface area contributed by atoms with Crippen LogP contribution >= 0.6 is 11.8 Å². The van der Waals surface area contributed by atoms with Gasteiger partial charge in [0.1, 0.15) is 6.33 Å². The van der Waals surface area contributed by atoms with Gasteiger partial charge in [-0.15, -0.1) is 10.2 Å². The third kappa shape index (κ3) is 4.89. The van der Waals surface area contributed by atoms with Crippen molar-refractivity contribution < 1.29 is 9.53 Å². The summed E-state index contributed by atoms with van der Waals surface area (Å²) in [6.45, 7) is 4.91. The molecule has 0 unspecified atom stereocenters. The number of benzene rings is 1. The van der Waals surface area contributed by atoms with Crippen LogP contribution in [0.4, 0.5) is 0 Å². The fourth-order valence-electron chi connectivity index (χ4n) is 2.73. The van der Waals surface area contributed by atoms with Crippen LogP contribution in [0.2, 0.25) is 0 Å². The maximum Gasteiger partial charge on any atom is 0.230 e. The largest absolute Gasteiger partial charge is 0.478 e. The Morgan fingerprint density at radius 1 is 1.18 bits per heavy atom. The van der Waals surface area contributed by atoms with Gasteiger partial charge < -0.3 is 10.1 Å². The number of ether oxygens (including phenoxy) is 1. The Kier molecular flexibility index (Phi) is 7.02. The topological polar surface area (TPSA) is 81.9 Å². The number of pyridine rings is 1. The van der Waals surface area contributed by atoms with Gasteiger partial charge in [0, 0.05) is 18.3 Å². The zero-order valence-corrected chi connectivity index (χ0v) is 16.8. The maximum absolute atomic E-state index is 12.3. The predicted molar refractivity (Wildman–Crippen MR) is 109 cm³/mol. The molecule has 0 atom stereocenters. The number of aromatic nitrogens is 4. The summed E-state index contributed by atoms with van der Waals surface area (Å²) in [6, 6.07) is 11.8. The van der Waals surface area contributed by atoms with Crippen molar-refractivity contribution in [3.63, 3.8) is 0 Å². The first-order valence-electron chi connectivity index (χ1n) is 9.17.